The Morgan fingerprint density at radius 2 is 1.48 bits per heavy atom. The Morgan fingerprint density at radius 3 is 2.13 bits per heavy atom. The van der Waals surface area contributed by atoms with E-state index in [0.29, 0.717) is 6.42 Å². The fraction of sp³-hybridized carbons (Fsp3) is 0.267. The zero-order valence-electron chi connectivity index (χ0n) is 11.6. The largest absolute Gasteiger partial charge is 0.317 e. The third kappa shape index (κ3) is 2.60. The second-order valence-electron chi connectivity index (χ2n) is 5.16. The zero-order valence-corrected chi connectivity index (χ0v) is 12.4. The van der Waals surface area contributed by atoms with Gasteiger partial charge in [-0.1, -0.05) is 0 Å². The van der Waals surface area contributed by atoms with E-state index in [0.717, 1.165) is 29.7 Å². The first kappa shape index (κ1) is 15.9. The molecule has 0 unspecified atom stereocenters. The van der Waals surface area contributed by atoms with E-state index < -0.39 is 40.7 Å². The summed E-state index contributed by atoms with van der Waals surface area (Å²) >= 11 is 1.35. The normalized spacial score (nSPS) is 13.8. The van der Waals surface area contributed by atoms with Crippen molar-refractivity contribution in [3.8, 4) is 0 Å². The molecule has 0 radical (unpaired) electrons. The van der Waals surface area contributed by atoms with Crippen molar-refractivity contribution in [1.29, 1.82) is 0 Å². The number of hydrogen-bond acceptors (Lipinski definition) is 2. The van der Waals surface area contributed by atoms with Gasteiger partial charge in [0.15, 0.2) is 23.3 Å². The molecule has 0 aliphatic heterocycles. The van der Waals surface area contributed by atoms with Crippen molar-refractivity contribution in [2.24, 2.45) is 0 Å². The summed E-state index contributed by atoms with van der Waals surface area (Å²) in [7, 11) is 0. The minimum Gasteiger partial charge on any atom is -0.317 e. The molecule has 1 aliphatic rings. The maximum atomic E-state index is 13.6. The second kappa shape index (κ2) is 5.92. The molecule has 0 fully saturated rings. The highest BCUT2D eigenvalue weighted by Gasteiger charge is 2.28. The third-order valence-electron chi connectivity index (χ3n) is 3.75. The number of halogens is 5. The predicted molar refractivity (Wildman–Crippen MR) is 75.1 cm³/mol. The lowest BCUT2D eigenvalue weighted by Crippen LogP contribution is -2.18. The second-order valence-corrected chi connectivity index (χ2v) is 6.12. The van der Waals surface area contributed by atoms with Crippen molar-refractivity contribution >= 4 is 22.9 Å². The predicted octanol–water partition coefficient (Wildman–Crippen LogP) is 4.57. The summed E-state index contributed by atoms with van der Waals surface area (Å²) in [5.41, 5.74) is -0.335. The molecule has 2 nitrogen and oxygen atoms in total. The van der Waals surface area contributed by atoms with E-state index in [1.807, 2.05) is 5.32 Å². The molecule has 3 rings (SSSR count). The minimum absolute atomic E-state index is 0.216. The number of anilines is 1. The van der Waals surface area contributed by atoms with E-state index in [1.165, 1.54) is 16.7 Å². The van der Waals surface area contributed by atoms with Crippen LogP contribution in [-0.4, -0.2) is 5.91 Å². The first-order valence-electron chi connectivity index (χ1n) is 6.83. The van der Waals surface area contributed by atoms with Crippen molar-refractivity contribution in [2.75, 3.05) is 5.32 Å². The molecule has 0 bridgehead atoms. The van der Waals surface area contributed by atoms with Crippen LogP contribution < -0.4 is 5.32 Å². The molecule has 1 amide bonds. The Kier molecular flexibility index (Phi) is 4.09. The van der Waals surface area contributed by atoms with Crippen molar-refractivity contribution in [3.05, 3.63) is 50.5 Å². The molecule has 0 atom stereocenters. The number of aryl methyl sites for hydroxylation is 1. The van der Waals surface area contributed by atoms with Gasteiger partial charge in [0, 0.05) is 10.3 Å². The number of thiophene rings is 1. The number of rotatable bonds is 2. The molecular weight excluding hydrogens is 337 g/mol. The van der Waals surface area contributed by atoms with Crippen LogP contribution in [-0.2, 0) is 12.8 Å². The van der Waals surface area contributed by atoms with Gasteiger partial charge in [-0.25, -0.2) is 22.0 Å². The van der Waals surface area contributed by atoms with Gasteiger partial charge in [-0.15, -0.1) is 11.3 Å². The molecule has 1 aliphatic carbocycles. The lowest BCUT2D eigenvalue weighted by Gasteiger charge is -2.13. The molecule has 8 heteroatoms. The lowest BCUT2D eigenvalue weighted by molar-refractivity contribution is 0.102. The number of carbonyl (C=O) groups is 1. The summed E-state index contributed by atoms with van der Waals surface area (Å²) in [6.45, 7) is 0. The number of nitrogens with one attached hydrogen (secondary N) is 1. The van der Waals surface area contributed by atoms with Gasteiger partial charge < -0.3 is 5.32 Å². The molecule has 1 aromatic carbocycles. The summed E-state index contributed by atoms with van der Waals surface area (Å²) in [4.78, 5) is 13.2. The number of hydrogen-bond donors (Lipinski definition) is 1. The average Bonchev–Trinajstić information content (AvgIpc) is 2.99. The van der Waals surface area contributed by atoms with Crippen molar-refractivity contribution < 1.29 is 26.7 Å². The van der Waals surface area contributed by atoms with Gasteiger partial charge in [-0.2, -0.15) is 0 Å². The van der Waals surface area contributed by atoms with E-state index >= 15 is 0 Å². The van der Waals surface area contributed by atoms with Crippen molar-refractivity contribution in [3.63, 3.8) is 0 Å². The van der Waals surface area contributed by atoms with Crippen LogP contribution in [0.5, 0.6) is 0 Å². The van der Waals surface area contributed by atoms with E-state index in [-0.39, 0.29) is 5.56 Å². The summed E-state index contributed by atoms with van der Waals surface area (Å²) < 4.78 is 66.5. The van der Waals surface area contributed by atoms with Gasteiger partial charge >= 0.3 is 0 Å². The highest BCUT2D eigenvalue weighted by molar-refractivity contribution is 7.10. The molecule has 0 spiro atoms. The maximum Gasteiger partial charge on any atom is 0.256 e. The Morgan fingerprint density at radius 1 is 0.913 bits per heavy atom. The molecule has 0 saturated heterocycles. The number of benzene rings is 1. The van der Waals surface area contributed by atoms with E-state index in [1.54, 1.807) is 0 Å². The Hall–Kier alpha value is -1.96. The smallest absolute Gasteiger partial charge is 0.256 e. The quantitative estimate of drug-likeness (QED) is 0.481. The van der Waals surface area contributed by atoms with Crippen LogP contribution in [0.3, 0.4) is 0 Å². The van der Waals surface area contributed by atoms with Gasteiger partial charge in [0.2, 0.25) is 5.82 Å². The number of carbonyl (C=O) groups excluding carboxylic acids is 1. The maximum absolute atomic E-state index is 13.6. The molecule has 2 aromatic rings. The molecule has 1 N–H and O–H groups in total. The molecule has 122 valence electrons. The topological polar surface area (TPSA) is 29.1 Å². The van der Waals surface area contributed by atoms with E-state index in [9.17, 15) is 26.7 Å². The van der Waals surface area contributed by atoms with Crippen molar-refractivity contribution in [1.82, 2.24) is 0 Å². The van der Waals surface area contributed by atoms with Crippen LogP contribution in [0, 0.1) is 29.1 Å². The molecule has 0 saturated carbocycles. The molecular formula is C15H10F5NOS. The monoisotopic (exact) mass is 347 g/mol. The fourth-order valence-corrected chi connectivity index (χ4v) is 3.71. The average molecular weight is 347 g/mol. The third-order valence-corrected chi connectivity index (χ3v) is 4.84. The van der Waals surface area contributed by atoms with Gasteiger partial charge in [0.1, 0.15) is 5.69 Å². The van der Waals surface area contributed by atoms with Gasteiger partial charge in [-0.3, -0.25) is 4.79 Å². The van der Waals surface area contributed by atoms with Gasteiger partial charge in [-0.05, 0) is 31.2 Å². The number of amides is 1. The minimum atomic E-state index is -2.26. The van der Waals surface area contributed by atoms with Crippen LogP contribution >= 0.6 is 11.3 Å². The van der Waals surface area contributed by atoms with Crippen molar-refractivity contribution in [2.45, 2.75) is 25.7 Å². The number of fused-ring (bicyclic) bond motifs is 1. The summed E-state index contributed by atoms with van der Waals surface area (Å²) in [5, 5.41) is 3.35. The first-order chi connectivity index (χ1) is 10.9. The SMILES string of the molecule is O=C(Nc1c(F)c(F)c(F)c(F)c1F)c1csc2c1CCCC2. The first-order valence-corrected chi connectivity index (χ1v) is 7.71. The van der Waals surface area contributed by atoms with Crippen LogP contribution in [0.1, 0.15) is 33.6 Å². The van der Waals surface area contributed by atoms with E-state index in [4.69, 9.17) is 0 Å². The zero-order chi connectivity index (χ0) is 16.7. The van der Waals surface area contributed by atoms with Crippen LogP contribution in [0.25, 0.3) is 0 Å². The highest BCUT2D eigenvalue weighted by Crippen LogP contribution is 2.32. The van der Waals surface area contributed by atoms with Gasteiger partial charge in [0.05, 0.1) is 5.56 Å². The van der Waals surface area contributed by atoms with Crippen LogP contribution in [0.2, 0.25) is 0 Å². The van der Waals surface area contributed by atoms with Crippen LogP contribution in [0.4, 0.5) is 27.6 Å². The molecule has 23 heavy (non-hydrogen) atoms. The van der Waals surface area contributed by atoms with E-state index in [2.05, 4.69) is 0 Å². The lowest BCUT2D eigenvalue weighted by atomic mass is 9.95. The molecule has 1 aromatic heterocycles. The highest BCUT2D eigenvalue weighted by atomic mass is 32.1. The summed E-state index contributed by atoms with van der Waals surface area (Å²) in [5.74, 6) is -11.4. The fourth-order valence-electron chi connectivity index (χ4n) is 2.58. The molecule has 1 heterocycles. The Balaban J connectivity index is 1.97. The Labute approximate surface area is 131 Å². The summed E-state index contributed by atoms with van der Waals surface area (Å²) in [6, 6.07) is 0. The summed E-state index contributed by atoms with van der Waals surface area (Å²) in [6.07, 6.45) is 3.34. The Bertz CT molecular complexity index is 773. The van der Waals surface area contributed by atoms with Crippen LogP contribution in [0.15, 0.2) is 5.38 Å². The standard InChI is InChI=1S/C15H10F5NOS/c16-9-10(17)12(19)14(13(20)11(9)18)21-15(22)7-5-23-8-4-2-1-3-6(7)8/h5H,1-4H2,(H,21,22). The van der Waals surface area contributed by atoms with Gasteiger partial charge in [0.25, 0.3) is 5.91 Å².